The molecule has 0 spiro atoms. The van der Waals surface area contributed by atoms with Crippen LogP contribution in [0.25, 0.3) is 0 Å². The summed E-state index contributed by atoms with van der Waals surface area (Å²) in [5, 5.41) is 0. The van der Waals surface area contributed by atoms with Gasteiger partial charge in [0.15, 0.2) is 0 Å². The van der Waals surface area contributed by atoms with E-state index in [1.54, 1.807) is 6.42 Å². The SMILES string of the molecule is CC1CCCC2CC(C)CC2C1. The Balaban J connectivity index is 1.99. The molecule has 0 aliphatic heterocycles. The average Bonchev–Trinajstić information content (AvgIpc) is 2.23. The lowest BCUT2D eigenvalue weighted by atomic mass is 9.89. The first-order valence-corrected chi connectivity index (χ1v) is 5.75. The third-order valence-corrected chi connectivity index (χ3v) is 4.05. The van der Waals surface area contributed by atoms with Crippen molar-refractivity contribution in [2.75, 3.05) is 0 Å². The number of rotatable bonds is 0. The Kier molecular flexibility index (Phi) is 2.43. The van der Waals surface area contributed by atoms with Crippen LogP contribution in [0.15, 0.2) is 0 Å². The molecule has 0 aromatic heterocycles. The van der Waals surface area contributed by atoms with Crippen molar-refractivity contribution in [3.8, 4) is 0 Å². The van der Waals surface area contributed by atoms with Crippen LogP contribution in [0.4, 0.5) is 0 Å². The molecule has 12 heavy (non-hydrogen) atoms. The van der Waals surface area contributed by atoms with Gasteiger partial charge in [-0.1, -0.05) is 33.1 Å². The zero-order chi connectivity index (χ0) is 8.55. The van der Waals surface area contributed by atoms with E-state index in [0.717, 1.165) is 23.7 Å². The minimum Gasteiger partial charge on any atom is -0.0625 e. The Morgan fingerprint density at radius 3 is 2.25 bits per heavy atom. The molecule has 0 heterocycles. The summed E-state index contributed by atoms with van der Waals surface area (Å²) in [6.07, 6.45) is 9.16. The van der Waals surface area contributed by atoms with Gasteiger partial charge in [-0.3, -0.25) is 0 Å². The summed E-state index contributed by atoms with van der Waals surface area (Å²) in [7, 11) is 0. The van der Waals surface area contributed by atoms with Gasteiger partial charge < -0.3 is 0 Å². The molecule has 2 aliphatic carbocycles. The predicted octanol–water partition coefficient (Wildman–Crippen LogP) is 3.86. The second-order valence-corrected chi connectivity index (χ2v) is 5.37. The van der Waals surface area contributed by atoms with Gasteiger partial charge in [0.1, 0.15) is 0 Å². The van der Waals surface area contributed by atoms with Crippen molar-refractivity contribution in [3.63, 3.8) is 0 Å². The van der Waals surface area contributed by atoms with Crippen LogP contribution in [-0.4, -0.2) is 0 Å². The van der Waals surface area contributed by atoms with E-state index in [9.17, 15) is 0 Å². The highest BCUT2D eigenvalue weighted by Gasteiger charge is 2.33. The van der Waals surface area contributed by atoms with Gasteiger partial charge in [-0.2, -0.15) is 0 Å². The maximum absolute atomic E-state index is 2.45. The molecule has 0 nitrogen and oxygen atoms in total. The molecule has 0 bridgehead atoms. The lowest BCUT2D eigenvalue weighted by molar-refractivity contribution is 0.339. The average molecular weight is 166 g/mol. The lowest BCUT2D eigenvalue weighted by Gasteiger charge is -2.16. The van der Waals surface area contributed by atoms with E-state index in [-0.39, 0.29) is 0 Å². The molecule has 4 unspecified atom stereocenters. The van der Waals surface area contributed by atoms with Gasteiger partial charge in [0.05, 0.1) is 0 Å². The molecule has 0 aromatic carbocycles. The van der Waals surface area contributed by atoms with Crippen LogP contribution in [0.5, 0.6) is 0 Å². The van der Waals surface area contributed by atoms with Crippen LogP contribution >= 0.6 is 0 Å². The van der Waals surface area contributed by atoms with Crippen LogP contribution in [0.3, 0.4) is 0 Å². The van der Waals surface area contributed by atoms with Crippen molar-refractivity contribution < 1.29 is 0 Å². The van der Waals surface area contributed by atoms with E-state index in [1.165, 1.54) is 32.1 Å². The molecular weight excluding hydrogens is 144 g/mol. The Hall–Kier alpha value is 0. The summed E-state index contributed by atoms with van der Waals surface area (Å²) in [6.45, 7) is 4.89. The standard InChI is InChI=1S/C12H22/c1-9-4-3-5-11-7-10(2)8-12(11)6-9/h9-12H,3-8H2,1-2H3. The smallest absolute Gasteiger partial charge is 0.0381 e. The Morgan fingerprint density at radius 2 is 1.42 bits per heavy atom. The molecule has 0 aromatic rings. The van der Waals surface area contributed by atoms with E-state index in [1.807, 2.05) is 0 Å². The van der Waals surface area contributed by atoms with Gasteiger partial charge in [-0.05, 0) is 42.9 Å². The van der Waals surface area contributed by atoms with Crippen molar-refractivity contribution in [1.82, 2.24) is 0 Å². The largest absolute Gasteiger partial charge is 0.0625 e. The van der Waals surface area contributed by atoms with Gasteiger partial charge in [0.2, 0.25) is 0 Å². The van der Waals surface area contributed by atoms with Gasteiger partial charge in [-0.25, -0.2) is 0 Å². The number of hydrogen-bond acceptors (Lipinski definition) is 0. The van der Waals surface area contributed by atoms with E-state index in [2.05, 4.69) is 13.8 Å². The predicted molar refractivity (Wildman–Crippen MR) is 53.0 cm³/mol. The van der Waals surface area contributed by atoms with Crippen LogP contribution in [0.2, 0.25) is 0 Å². The highest BCUT2D eigenvalue weighted by molar-refractivity contribution is 4.84. The molecule has 2 saturated carbocycles. The maximum atomic E-state index is 2.45. The maximum Gasteiger partial charge on any atom is -0.0381 e. The molecule has 2 aliphatic rings. The first-order chi connectivity index (χ1) is 5.75. The van der Waals surface area contributed by atoms with Crippen LogP contribution in [0, 0.1) is 23.7 Å². The molecule has 2 rings (SSSR count). The normalized spacial score (nSPS) is 48.5. The fourth-order valence-electron chi connectivity index (χ4n) is 3.52. The summed E-state index contributed by atoms with van der Waals surface area (Å²) in [6, 6.07) is 0. The molecule has 0 heteroatoms. The van der Waals surface area contributed by atoms with Crippen molar-refractivity contribution in [2.45, 2.75) is 52.4 Å². The lowest BCUT2D eigenvalue weighted by Crippen LogP contribution is -2.07. The monoisotopic (exact) mass is 166 g/mol. The first kappa shape index (κ1) is 8.59. The quantitative estimate of drug-likeness (QED) is 0.512. The highest BCUT2D eigenvalue weighted by Crippen LogP contribution is 2.45. The van der Waals surface area contributed by atoms with E-state index in [4.69, 9.17) is 0 Å². The second-order valence-electron chi connectivity index (χ2n) is 5.37. The summed E-state index contributed by atoms with van der Waals surface area (Å²) in [5.74, 6) is 4.28. The summed E-state index contributed by atoms with van der Waals surface area (Å²) in [4.78, 5) is 0. The zero-order valence-electron chi connectivity index (χ0n) is 8.55. The Labute approximate surface area is 76.7 Å². The molecule has 70 valence electrons. The molecule has 0 N–H and O–H groups in total. The van der Waals surface area contributed by atoms with E-state index in [0.29, 0.717) is 0 Å². The molecule has 4 atom stereocenters. The number of fused-ring (bicyclic) bond motifs is 1. The second kappa shape index (κ2) is 3.40. The minimum atomic E-state index is 1.02. The summed E-state index contributed by atoms with van der Waals surface area (Å²) >= 11 is 0. The van der Waals surface area contributed by atoms with Gasteiger partial charge >= 0.3 is 0 Å². The topological polar surface area (TPSA) is 0 Å². The molecule has 0 saturated heterocycles. The van der Waals surface area contributed by atoms with Gasteiger partial charge in [-0.15, -0.1) is 0 Å². The van der Waals surface area contributed by atoms with E-state index >= 15 is 0 Å². The fourth-order valence-corrected chi connectivity index (χ4v) is 3.52. The molecule has 0 radical (unpaired) electrons. The highest BCUT2D eigenvalue weighted by atomic mass is 14.4. The van der Waals surface area contributed by atoms with Crippen LogP contribution in [-0.2, 0) is 0 Å². The van der Waals surface area contributed by atoms with Crippen molar-refractivity contribution in [3.05, 3.63) is 0 Å². The van der Waals surface area contributed by atoms with Crippen molar-refractivity contribution in [1.29, 1.82) is 0 Å². The Bertz CT molecular complexity index is 150. The van der Waals surface area contributed by atoms with Crippen LogP contribution < -0.4 is 0 Å². The summed E-state index contributed by atoms with van der Waals surface area (Å²) < 4.78 is 0. The van der Waals surface area contributed by atoms with Crippen LogP contribution in [0.1, 0.15) is 52.4 Å². The first-order valence-electron chi connectivity index (χ1n) is 5.75. The Morgan fingerprint density at radius 1 is 0.750 bits per heavy atom. The zero-order valence-corrected chi connectivity index (χ0v) is 8.55. The van der Waals surface area contributed by atoms with Gasteiger partial charge in [0, 0.05) is 0 Å². The van der Waals surface area contributed by atoms with E-state index < -0.39 is 0 Å². The van der Waals surface area contributed by atoms with Crippen molar-refractivity contribution >= 4 is 0 Å². The molecular formula is C12H22. The minimum absolute atomic E-state index is 1.02. The van der Waals surface area contributed by atoms with Crippen molar-refractivity contribution in [2.24, 2.45) is 23.7 Å². The summed E-state index contributed by atoms with van der Waals surface area (Å²) in [5.41, 5.74) is 0. The molecule has 0 amide bonds. The fraction of sp³-hybridized carbons (Fsp3) is 1.00. The third kappa shape index (κ3) is 1.67. The molecule has 2 fully saturated rings. The number of hydrogen-bond donors (Lipinski definition) is 0. The third-order valence-electron chi connectivity index (χ3n) is 4.05. The van der Waals surface area contributed by atoms with Gasteiger partial charge in [0.25, 0.3) is 0 Å².